The molecule has 0 aliphatic heterocycles. The van der Waals surface area contributed by atoms with Crippen molar-refractivity contribution >= 4 is 46.5 Å². The summed E-state index contributed by atoms with van der Waals surface area (Å²) in [6, 6.07) is 9.43. The SMILES string of the molecule is CCSc1nnc(SCC(=O)Nc2ccccc2)s1. The molecule has 0 saturated carbocycles. The van der Waals surface area contributed by atoms with Gasteiger partial charge in [-0.15, -0.1) is 10.2 Å². The van der Waals surface area contributed by atoms with Crippen LogP contribution in [0.2, 0.25) is 0 Å². The number of carbonyl (C=O) groups is 1. The molecule has 0 radical (unpaired) electrons. The van der Waals surface area contributed by atoms with Crippen LogP contribution in [-0.4, -0.2) is 27.6 Å². The third-order valence-electron chi connectivity index (χ3n) is 2.04. The molecule has 0 aliphatic carbocycles. The minimum Gasteiger partial charge on any atom is -0.325 e. The fourth-order valence-electron chi connectivity index (χ4n) is 1.28. The molecule has 0 fully saturated rings. The van der Waals surface area contributed by atoms with Crippen molar-refractivity contribution in [3.05, 3.63) is 30.3 Å². The summed E-state index contributed by atoms with van der Waals surface area (Å²) in [6.45, 7) is 2.08. The lowest BCUT2D eigenvalue weighted by Crippen LogP contribution is -2.13. The molecule has 0 spiro atoms. The monoisotopic (exact) mass is 311 g/mol. The summed E-state index contributed by atoms with van der Waals surface area (Å²) >= 11 is 4.61. The van der Waals surface area contributed by atoms with Crippen molar-refractivity contribution in [1.29, 1.82) is 0 Å². The number of para-hydroxylation sites is 1. The molecule has 0 saturated heterocycles. The predicted molar refractivity (Wildman–Crippen MR) is 82.1 cm³/mol. The Hall–Kier alpha value is -1.05. The second-order valence-electron chi connectivity index (χ2n) is 3.47. The van der Waals surface area contributed by atoms with Gasteiger partial charge < -0.3 is 5.32 Å². The number of hydrogen-bond acceptors (Lipinski definition) is 6. The van der Waals surface area contributed by atoms with Gasteiger partial charge in [0.2, 0.25) is 5.91 Å². The van der Waals surface area contributed by atoms with Gasteiger partial charge in [-0.05, 0) is 17.9 Å². The number of rotatable bonds is 6. The second-order valence-corrected chi connectivity index (χ2v) is 7.18. The van der Waals surface area contributed by atoms with Gasteiger partial charge in [-0.3, -0.25) is 4.79 Å². The molecular weight excluding hydrogens is 298 g/mol. The number of aromatic nitrogens is 2. The van der Waals surface area contributed by atoms with Crippen LogP contribution in [0.3, 0.4) is 0 Å². The minimum absolute atomic E-state index is 0.0314. The standard InChI is InChI=1S/C12H13N3OS3/c1-2-17-11-14-15-12(19-11)18-8-10(16)13-9-6-4-3-5-7-9/h3-7H,2,8H2,1H3,(H,13,16). The fourth-order valence-corrected chi connectivity index (χ4v) is 4.00. The summed E-state index contributed by atoms with van der Waals surface area (Å²) in [5, 5.41) is 10.9. The quantitative estimate of drug-likeness (QED) is 0.829. The third kappa shape index (κ3) is 4.85. The van der Waals surface area contributed by atoms with E-state index in [0.29, 0.717) is 5.75 Å². The molecule has 1 aromatic carbocycles. The molecular formula is C12H13N3OS3. The molecule has 0 unspecified atom stereocenters. The number of anilines is 1. The maximum Gasteiger partial charge on any atom is 0.234 e. The molecule has 1 amide bonds. The van der Waals surface area contributed by atoms with Crippen molar-refractivity contribution in [2.45, 2.75) is 15.6 Å². The van der Waals surface area contributed by atoms with Crippen molar-refractivity contribution in [2.75, 3.05) is 16.8 Å². The minimum atomic E-state index is -0.0314. The van der Waals surface area contributed by atoms with Gasteiger partial charge in [-0.2, -0.15) is 0 Å². The van der Waals surface area contributed by atoms with Gasteiger partial charge in [0.1, 0.15) is 0 Å². The third-order valence-corrected chi connectivity index (χ3v) is 5.11. The Labute approximate surface area is 124 Å². The van der Waals surface area contributed by atoms with E-state index < -0.39 is 0 Å². The van der Waals surface area contributed by atoms with Crippen molar-refractivity contribution in [1.82, 2.24) is 10.2 Å². The fraction of sp³-hybridized carbons (Fsp3) is 0.250. The molecule has 2 rings (SSSR count). The van der Waals surface area contributed by atoms with Crippen molar-refractivity contribution in [2.24, 2.45) is 0 Å². The maximum absolute atomic E-state index is 11.7. The van der Waals surface area contributed by atoms with Crippen molar-refractivity contribution < 1.29 is 4.79 Å². The first-order valence-corrected chi connectivity index (χ1v) is 8.50. The van der Waals surface area contributed by atoms with Gasteiger partial charge in [0.15, 0.2) is 8.68 Å². The molecule has 1 heterocycles. The number of nitrogens with one attached hydrogen (secondary N) is 1. The van der Waals surface area contributed by atoms with Gasteiger partial charge >= 0.3 is 0 Å². The highest BCUT2D eigenvalue weighted by Crippen LogP contribution is 2.28. The molecule has 0 atom stereocenters. The van der Waals surface area contributed by atoms with Crippen LogP contribution in [0.4, 0.5) is 5.69 Å². The van der Waals surface area contributed by atoms with Gasteiger partial charge in [0.25, 0.3) is 0 Å². The van der Waals surface area contributed by atoms with E-state index in [1.54, 1.807) is 11.8 Å². The van der Waals surface area contributed by atoms with Gasteiger partial charge in [0, 0.05) is 5.69 Å². The van der Waals surface area contributed by atoms with Gasteiger partial charge in [-0.1, -0.05) is 60.0 Å². The van der Waals surface area contributed by atoms with E-state index in [1.165, 1.54) is 23.1 Å². The Morgan fingerprint density at radius 2 is 1.89 bits per heavy atom. The highest BCUT2D eigenvalue weighted by molar-refractivity contribution is 8.03. The normalized spacial score (nSPS) is 10.4. The summed E-state index contributed by atoms with van der Waals surface area (Å²) < 4.78 is 1.78. The van der Waals surface area contributed by atoms with Gasteiger partial charge in [0.05, 0.1) is 5.75 Å². The lowest BCUT2D eigenvalue weighted by molar-refractivity contribution is -0.113. The zero-order chi connectivity index (χ0) is 13.5. The first-order chi connectivity index (χ1) is 9.28. The zero-order valence-electron chi connectivity index (χ0n) is 10.3. The summed E-state index contributed by atoms with van der Waals surface area (Å²) in [6.07, 6.45) is 0. The van der Waals surface area contributed by atoms with Crippen LogP contribution in [0.1, 0.15) is 6.92 Å². The van der Waals surface area contributed by atoms with E-state index >= 15 is 0 Å². The van der Waals surface area contributed by atoms with Crippen LogP contribution in [0.5, 0.6) is 0 Å². The average molecular weight is 311 g/mol. The van der Waals surface area contributed by atoms with E-state index in [9.17, 15) is 4.79 Å². The molecule has 0 bridgehead atoms. The summed E-state index contributed by atoms with van der Waals surface area (Å²) in [5.74, 6) is 1.30. The van der Waals surface area contributed by atoms with E-state index in [0.717, 1.165) is 20.1 Å². The molecule has 7 heteroatoms. The van der Waals surface area contributed by atoms with E-state index in [1.807, 2.05) is 30.3 Å². The van der Waals surface area contributed by atoms with E-state index in [-0.39, 0.29) is 5.91 Å². The Morgan fingerprint density at radius 1 is 1.21 bits per heavy atom. The van der Waals surface area contributed by atoms with Crippen LogP contribution >= 0.6 is 34.9 Å². The summed E-state index contributed by atoms with van der Waals surface area (Å²) in [7, 11) is 0. The average Bonchev–Trinajstić information content (AvgIpc) is 2.86. The number of thioether (sulfide) groups is 2. The molecule has 2 aromatic rings. The number of carbonyl (C=O) groups excluding carboxylic acids is 1. The number of hydrogen-bond donors (Lipinski definition) is 1. The molecule has 4 nitrogen and oxygen atoms in total. The highest BCUT2D eigenvalue weighted by atomic mass is 32.2. The molecule has 1 N–H and O–H groups in total. The first kappa shape index (κ1) is 14.4. The van der Waals surface area contributed by atoms with Crippen LogP contribution in [-0.2, 0) is 4.79 Å². The maximum atomic E-state index is 11.7. The Balaban J connectivity index is 1.79. The van der Waals surface area contributed by atoms with E-state index in [2.05, 4.69) is 22.4 Å². The topological polar surface area (TPSA) is 54.9 Å². The largest absolute Gasteiger partial charge is 0.325 e. The summed E-state index contributed by atoms with van der Waals surface area (Å²) in [5.41, 5.74) is 0.813. The summed E-state index contributed by atoms with van der Waals surface area (Å²) in [4.78, 5) is 11.7. The second kappa shape index (κ2) is 7.52. The lowest BCUT2D eigenvalue weighted by Gasteiger charge is -2.02. The predicted octanol–water partition coefficient (Wildman–Crippen LogP) is 3.38. The van der Waals surface area contributed by atoms with Crippen LogP contribution in [0, 0.1) is 0 Å². The highest BCUT2D eigenvalue weighted by Gasteiger charge is 2.08. The molecule has 100 valence electrons. The van der Waals surface area contributed by atoms with E-state index in [4.69, 9.17) is 0 Å². The van der Waals surface area contributed by atoms with Gasteiger partial charge in [-0.25, -0.2) is 0 Å². The number of nitrogens with zero attached hydrogens (tertiary/aromatic N) is 2. The Morgan fingerprint density at radius 3 is 2.58 bits per heavy atom. The Bertz CT molecular complexity index is 530. The molecule has 19 heavy (non-hydrogen) atoms. The van der Waals surface area contributed by atoms with Crippen LogP contribution < -0.4 is 5.32 Å². The van der Waals surface area contributed by atoms with Crippen molar-refractivity contribution in [3.63, 3.8) is 0 Å². The molecule has 1 aromatic heterocycles. The molecule has 0 aliphatic rings. The number of amides is 1. The van der Waals surface area contributed by atoms with Crippen LogP contribution in [0.25, 0.3) is 0 Å². The van der Waals surface area contributed by atoms with Crippen LogP contribution in [0.15, 0.2) is 39.0 Å². The lowest BCUT2D eigenvalue weighted by atomic mass is 10.3. The zero-order valence-corrected chi connectivity index (χ0v) is 12.8. The Kier molecular flexibility index (Phi) is 5.68. The van der Waals surface area contributed by atoms with Crippen molar-refractivity contribution in [3.8, 4) is 0 Å². The number of benzene rings is 1. The smallest absolute Gasteiger partial charge is 0.234 e. The first-order valence-electron chi connectivity index (χ1n) is 5.72.